The van der Waals surface area contributed by atoms with Crippen LogP contribution in [0.2, 0.25) is 0 Å². The highest BCUT2D eigenvalue weighted by Gasteiger charge is 2.53. The third-order valence-electron chi connectivity index (χ3n) is 5.78. The summed E-state index contributed by atoms with van der Waals surface area (Å²) in [5.41, 5.74) is 0.780. The first-order valence-electron chi connectivity index (χ1n) is 9.52. The molecule has 8 heteroatoms. The van der Waals surface area contributed by atoms with Gasteiger partial charge in [0.1, 0.15) is 18.6 Å². The minimum atomic E-state index is -1.27. The molecule has 0 radical (unpaired) electrons. The molecule has 1 aliphatic rings. The van der Waals surface area contributed by atoms with E-state index in [1.54, 1.807) is 36.6 Å². The zero-order valence-corrected chi connectivity index (χ0v) is 16.9. The van der Waals surface area contributed by atoms with Crippen LogP contribution >= 0.6 is 11.3 Å². The Morgan fingerprint density at radius 1 is 1.34 bits per heavy atom. The van der Waals surface area contributed by atoms with Crippen LogP contribution in [0.4, 0.5) is 10.2 Å². The highest BCUT2D eigenvalue weighted by Crippen LogP contribution is 2.49. The molecule has 6 nitrogen and oxygen atoms in total. The van der Waals surface area contributed by atoms with Crippen molar-refractivity contribution in [1.29, 1.82) is 0 Å². The number of fused-ring (bicyclic) bond motifs is 1. The molecule has 0 aliphatic carbocycles. The molecule has 0 saturated carbocycles. The fraction of sp³-hybridized carbons (Fsp3) is 0.381. The number of anilines is 1. The zero-order chi connectivity index (χ0) is 20.6. The summed E-state index contributed by atoms with van der Waals surface area (Å²) in [6.07, 6.45) is -0.225. The Labute approximate surface area is 171 Å². The molecule has 2 aromatic heterocycles. The Hall–Kier alpha value is -2.42. The van der Waals surface area contributed by atoms with Crippen LogP contribution in [-0.4, -0.2) is 39.4 Å². The number of carbonyl (C=O) groups excluding carboxylic acids is 1. The zero-order valence-electron chi connectivity index (χ0n) is 16.1. The lowest BCUT2D eigenvalue weighted by atomic mass is 9.85. The van der Waals surface area contributed by atoms with Gasteiger partial charge in [0.05, 0.1) is 22.4 Å². The van der Waals surface area contributed by atoms with E-state index >= 15 is 4.39 Å². The summed E-state index contributed by atoms with van der Waals surface area (Å²) in [6.45, 7) is 3.41. The van der Waals surface area contributed by atoms with E-state index in [2.05, 4.69) is 15.3 Å². The Bertz CT molecular complexity index is 1020. The average Bonchev–Trinajstić information content (AvgIpc) is 3.29. The monoisotopic (exact) mass is 415 g/mol. The van der Waals surface area contributed by atoms with Gasteiger partial charge < -0.3 is 15.2 Å². The van der Waals surface area contributed by atoms with Crippen LogP contribution in [0.25, 0.3) is 10.2 Å². The highest BCUT2D eigenvalue weighted by atomic mass is 32.1. The van der Waals surface area contributed by atoms with Gasteiger partial charge in [-0.15, -0.1) is 11.3 Å². The number of ether oxygens (including phenoxy) is 1. The van der Waals surface area contributed by atoms with Gasteiger partial charge in [-0.3, -0.25) is 4.79 Å². The van der Waals surface area contributed by atoms with Gasteiger partial charge in [-0.2, -0.15) is 0 Å². The Kier molecular flexibility index (Phi) is 5.33. The molecule has 2 N–H and O–H groups in total. The van der Waals surface area contributed by atoms with Crippen molar-refractivity contribution in [2.45, 2.75) is 38.1 Å². The normalized spacial score (nSPS) is 26.7. The van der Waals surface area contributed by atoms with E-state index in [1.165, 1.54) is 17.7 Å². The van der Waals surface area contributed by atoms with E-state index < -0.39 is 23.8 Å². The van der Waals surface area contributed by atoms with Crippen molar-refractivity contribution in [2.24, 2.45) is 5.92 Å². The second-order valence-corrected chi connectivity index (χ2v) is 8.14. The van der Waals surface area contributed by atoms with Crippen LogP contribution in [0.1, 0.15) is 42.3 Å². The molecular weight excluding hydrogens is 393 g/mol. The molecule has 0 bridgehead atoms. The summed E-state index contributed by atoms with van der Waals surface area (Å²) < 4.78 is 21.8. The van der Waals surface area contributed by atoms with Crippen LogP contribution in [-0.2, 0) is 4.74 Å². The van der Waals surface area contributed by atoms with Crippen molar-refractivity contribution in [1.82, 2.24) is 9.97 Å². The average molecular weight is 415 g/mol. The van der Waals surface area contributed by atoms with Gasteiger partial charge in [-0.1, -0.05) is 32.0 Å². The number of hydrogen-bond acceptors (Lipinski definition) is 6. The van der Waals surface area contributed by atoms with Crippen LogP contribution < -0.4 is 5.32 Å². The lowest BCUT2D eigenvalue weighted by Gasteiger charge is -2.29. The number of benzene rings is 1. The molecule has 1 fully saturated rings. The summed E-state index contributed by atoms with van der Waals surface area (Å²) in [7, 11) is 0. The molecule has 4 rings (SSSR count). The molecule has 0 spiro atoms. The third kappa shape index (κ3) is 3.31. The van der Waals surface area contributed by atoms with Crippen LogP contribution in [0, 0.1) is 5.92 Å². The number of aliphatic hydroxyl groups excluding tert-OH is 1. The van der Waals surface area contributed by atoms with E-state index in [9.17, 15) is 9.90 Å². The maximum Gasteiger partial charge on any atom is 0.256 e. The lowest BCUT2D eigenvalue weighted by Crippen LogP contribution is -2.39. The van der Waals surface area contributed by atoms with Crippen molar-refractivity contribution in [3.63, 3.8) is 0 Å². The van der Waals surface area contributed by atoms with Crippen LogP contribution in [0.5, 0.6) is 0 Å². The second kappa shape index (κ2) is 7.78. The van der Waals surface area contributed by atoms with E-state index in [4.69, 9.17) is 4.74 Å². The topological polar surface area (TPSA) is 84.3 Å². The summed E-state index contributed by atoms with van der Waals surface area (Å²) in [4.78, 5) is 21.0. The van der Waals surface area contributed by atoms with Crippen molar-refractivity contribution in [3.05, 3.63) is 53.2 Å². The number of nitrogens with zero attached hydrogens (tertiary/aromatic N) is 2. The Morgan fingerprint density at radius 2 is 2.10 bits per heavy atom. The predicted molar refractivity (Wildman–Crippen MR) is 110 cm³/mol. The van der Waals surface area contributed by atoms with Gasteiger partial charge in [0.2, 0.25) is 0 Å². The number of carbonyl (C=O) groups is 1. The van der Waals surface area contributed by atoms with Crippen molar-refractivity contribution in [3.8, 4) is 0 Å². The van der Waals surface area contributed by atoms with Crippen LogP contribution in [0.3, 0.4) is 0 Å². The number of halogens is 1. The molecular formula is C21H22FN3O3S. The standard InChI is InChI=1S/C21H22FN3O3S/c1-3-21(10-26)12(2)15(22)17(28-21)14-9-29-18-16(14)23-11-24-19(18)25-20(27)13-7-5-4-6-8-13/h4-9,11-12,15,17,26H,3,10H2,1-2H3,(H,23,24,25,27)/t12-,15+,17-,21-/m0/s1. The van der Waals surface area contributed by atoms with Crippen molar-refractivity contribution in [2.75, 3.05) is 11.9 Å². The SMILES string of the molecule is CC[C@@]1(CO)O[C@@H](c2csc3c(NC(=O)c4ccccc4)ncnc23)[C@H](F)[C@@H]1C. The maximum absolute atomic E-state index is 15.1. The quantitative estimate of drug-likeness (QED) is 0.655. The van der Waals surface area contributed by atoms with E-state index in [1.807, 2.05) is 13.0 Å². The third-order valence-corrected chi connectivity index (χ3v) is 6.77. The number of aromatic nitrogens is 2. The first-order valence-corrected chi connectivity index (χ1v) is 10.4. The smallest absolute Gasteiger partial charge is 0.256 e. The Balaban J connectivity index is 1.67. The molecule has 1 saturated heterocycles. The number of rotatable bonds is 5. The maximum atomic E-state index is 15.1. The number of thiophene rings is 1. The number of hydrogen-bond donors (Lipinski definition) is 2. The van der Waals surface area contributed by atoms with Gasteiger partial charge in [0.25, 0.3) is 5.91 Å². The molecule has 1 aliphatic heterocycles. The summed E-state index contributed by atoms with van der Waals surface area (Å²) in [6, 6.07) is 8.84. The second-order valence-electron chi connectivity index (χ2n) is 7.26. The molecule has 29 heavy (non-hydrogen) atoms. The van der Waals surface area contributed by atoms with Crippen molar-refractivity contribution < 1.29 is 19.0 Å². The number of aliphatic hydroxyl groups is 1. The minimum Gasteiger partial charge on any atom is -0.393 e. The highest BCUT2D eigenvalue weighted by molar-refractivity contribution is 7.18. The van der Waals surface area contributed by atoms with Gasteiger partial charge >= 0.3 is 0 Å². The first-order chi connectivity index (χ1) is 14.0. The number of alkyl halides is 1. The van der Waals surface area contributed by atoms with Crippen molar-refractivity contribution >= 4 is 33.3 Å². The molecule has 152 valence electrons. The molecule has 3 heterocycles. The molecule has 1 aromatic carbocycles. The van der Waals surface area contributed by atoms with Gasteiger partial charge in [0, 0.05) is 17.0 Å². The molecule has 0 unspecified atom stereocenters. The summed E-state index contributed by atoms with van der Waals surface area (Å²) in [5.74, 6) is -0.345. The van der Waals surface area contributed by atoms with Gasteiger partial charge in [-0.25, -0.2) is 14.4 Å². The van der Waals surface area contributed by atoms with Crippen LogP contribution in [0.15, 0.2) is 42.0 Å². The van der Waals surface area contributed by atoms with E-state index in [-0.39, 0.29) is 12.5 Å². The van der Waals surface area contributed by atoms with Gasteiger partial charge in [-0.05, 0) is 23.9 Å². The fourth-order valence-electron chi connectivity index (χ4n) is 3.84. The molecule has 4 atom stereocenters. The fourth-order valence-corrected chi connectivity index (χ4v) is 4.83. The summed E-state index contributed by atoms with van der Waals surface area (Å²) in [5, 5.41) is 14.4. The first kappa shape index (κ1) is 19.9. The number of amides is 1. The lowest BCUT2D eigenvalue weighted by molar-refractivity contribution is -0.0918. The van der Waals surface area contributed by atoms with Gasteiger partial charge in [0.15, 0.2) is 5.82 Å². The molecule has 1 amide bonds. The molecule has 3 aromatic rings. The van der Waals surface area contributed by atoms with E-state index in [0.717, 1.165) is 0 Å². The minimum absolute atomic E-state index is 0.239. The van der Waals surface area contributed by atoms with E-state index in [0.29, 0.717) is 33.6 Å². The number of nitrogens with one attached hydrogen (secondary N) is 1. The predicted octanol–water partition coefficient (Wildman–Crippen LogP) is 4.13. The summed E-state index contributed by atoms with van der Waals surface area (Å²) >= 11 is 1.33. The Morgan fingerprint density at radius 3 is 2.76 bits per heavy atom. The largest absolute Gasteiger partial charge is 0.393 e.